The van der Waals surface area contributed by atoms with E-state index in [0.29, 0.717) is 0 Å². The third-order valence-corrected chi connectivity index (χ3v) is 2.17. The molecule has 0 atom stereocenters. The number of carboxylic acid groups (broad SMARTS) is 2. The summed E-state index contributed by atoms with van der Waals surface area (Å²) in [7, 11) is 0. The number of halogens is 6. The molecule has 0 saturated heterocycles. The third kappa shape index (κ3) is 11.5. The fourth-order valence-corrected chi connectivity index (χ4v) is 1.02. The SMILES string of the molecule is N=C(N)c1cccs1.O=C(O)C(F)(F)F.O=C(O)C(F)(F)F. The molecule has 1 aromatic rings. The fraction of sp³-hybridized carbons (Fsp3) is 0.222. The lowest BCUT2D eigenvalue weighted by molar-refractivity contribution is -0.193. The maximum atomic E-state index is 10.6. The highest BCUT2D eigenvalue weighted by molar-refractivity contribution is 7.12. The Hall–Kier alpha value is -2.31. The minimum absolute atomic E-state index is 0.153. The molecule has 0 aliphatic rings. The van der Waals surface area contributed by atoms with E-state index >= 15 is 0 Å². The Balaban J connectivity index is 0. The first kappa shape index (κ1) is 22.0. The van der Waals surface area contributed by atoms with Crippen molar-refractivity contribution in [3.8, 4) is 0 Å². The van der Waals surface area contributed by atoms with Crippen LogP contribution in [0.5, 0.6) is 0 Å². The number of hydrogen-bond donors (Lipinski definition) is 4. The summed E-state index contributed by atoms with van der Waals surface area (Å²) in [6.45, 7) is 0. The zero-order valence-corrected chi connectivity index (χ0v) is 11.0. The Kier molecular flexibility index (Phi) is 8.85. The monoisotopic (exact) mass is 354 g/mol. The lowest BCUT2D eigenvalue weighted by atomic mass is 10.4. The van der Waals surface area contributed by atoms with Crippen molar-refractivity contribution in [2.24, 2.45) is 5.73 Å². The van der Waals surface area contributed by atoms with E-state index in [2.05, 4.69) is 0 Å². The second-order valence-electron chi connectivity index (χ2n) is 3.00. The summed E-state index contributed by atoms with van der Waals surface area (Å²) in [6, 6.07) is 3.70. The molecule has 6 nitrogen and oxygen atoms in total. The Bertz CT molecular complexity index is 473. The van der Waals surface area contributed by atoms with Gasteiger partial charge in [-0.15, -0.1) is 11.3 Å². The zero-order valence-electron chi connectivity index (χ0n) is 10.2. The van der Waals surface area contributed by atoms with E-state index in [0.717, 1.165) is 4.88 Å². The molecule has 1 rings (SSSR count). The van der Waals surface area contributed by atoms with Gasteiger partial charge in [0.05, 0.1) is 4.88 Å². The minimum atomic E-state index is -5.08. The third-order valence-electron chi connectivity index (χ3n) is 1.27. The summed E-state index contributed by atoms with van der Waals surface area (Å²) in [5, 5.41) is 23.1. The van der Waals surface area contributed by atoms with Crippen molar-refractivity contribution < 1.29 is 46.1 Å². The lowest BCUT2D eigenvalue weighted by Crippen LogP contribution is -2.21. The largest absolute Gasteiger partial charge is 0.490 e. The van der Waals surface area contributed by atoms with Gasteiger partial charge in [-0.05, 0) is 11.4 Å². The van der Waals surface area contributed by atoms with Crippen molar-refractivity contribution in [2.45, 2.75) is 12.4 Å². The number of alkyl halides is 6. The molecule has 1 aromatic heterocycles. The molecule has 126 valence electrons. The first-order valence-electron chi connectivity index (χ1n) is 4.67. The van der Waals surface area contributed by atoms with Crippen molar-refractivity contribution in [1.82, 2.24) is 0 Å². The van der Waals surface area contributed by atoms with Gasteiger partial charge in [0.2, 0.25) is 0 Å². The van der Waals surface area contributed by atoms with Crippen LogP contribution in [-0.4, -0.2) is 40.3 Å². The van der Waals surface area contributed by atoms with E-state index in [1.807, 2.05) is 17.5 Å². The maximum absolute atomic E-state index is 10.6. The van der Waals surface area contributed by atoms with Crippen LogP contribution in [-0.2, 0) is 9.59 Å². The number of nitrogen functional groups attached to an aromatic ring is 1. The number of hydrogen-bond acceptors (Lipinski definition) is 4. The Labute approximate surface area is 122 Å². The molecule has 0 aromatic carbocycles. The van der Waals surface area contributed by atoms with Crippen LogP contribution < -0.4 is 5.73 Å². The van der Waals surface area contributed by atoms with Crippen LogP contribution in [0.3, 0.4) is 0 Å². The highest BCUT2D eigenvalue weighted by atomic mass is 32.1. The van der Waals surface area contributed by atoms with Gasteiger partial charge in [0.15, 0.2) is 0 Å². The van der Waals surface area contributed by atoms with E-state index in [-0.39, 0.29) is 5.84 Å². The number of nitrogens with one attached hydrogen (secondary N) is 1. The van der Waals surface area contributed by atoms with Crippen LogP contribution in [0.1, 0.15) is 4.88 Å². The van der Waals surface area contributed by atoms with E-state index < -0.39 is 24.3 Å². The summed E-state index contributed by atoms with van der Waals surface area (Å²) in [4.78, 5) is 18.6. The molecule has 1 heterocycles. The fourth-order valence-electron chi connectivity index (χ4n) is 0.432. The molecule has 5 N–H and O–H groups in total. The van der Waals surface area contributed by atoms with Gasteiger partial charge in [0.25, 0.3) is 0 Å². The predicted molar refractivity (Wildman–Crippen MR) is 62.7 cm³/mol. The predicted octanol–water partition coefficient (Wildman–Crippen LogP) is 2.30. The number of carboxylic acids is 2. The van der Waals surface area contributed by atoms with Gasteiger partial charge >= 0.3 is 24.3 Å². The topological polar surface area (TPSA) is 124 Å². The molecule has 0 aliphatic heterocycles. The van der Waals surface area contributed by atoms with Crippen molar-refractivity contribution >= 4 is 29.1 Å². The molecule has 0 unspecified atom stereocenters. The van der Waals surface area contributed by atoms with Crippen molar-refractivity contribution in [2.75, 3.05) is 0 Å². The molecule has 22 heavy (non-hydrogen) atoms. The second-order valence-corrected chi connectivity index (χ2v) is 3.94. The second kappa shape index (κ2) is 8.86. The van der Waals surface area contributed by atoms with Gasteiger partial charge in [-0.25, -0.2) is 9.59 Å². The number of amidine groups is 1. The van der Waals surface area contributed by atoms with Crippen LogP contribution in [0.25, 0.3) is 0 Å². The quantitative estimate of drug-likeness (QED) is 0.350. The van der Waals surface area contributed by atoms with Crippen LogP contribution >= 0.6 is 11.3 Å². The smallest absolute Gasteiger partial charge is 0.475 e. The lowest BCUT2D eigenvalue weighted by Gasteiger charge is -1.93. The average Bonchev–Trinajstić information content (AvgIpc) is 2.81. The average molecular weight is 354 g/mol. The van der Waals surface area contributed by atoms with Gasteiger partial charge in [-0.3, -0.25) is 5.41 Å². The van der Waals surface area contributed by atoms with E-state index in [1.165, 1.54) is 11.3 Å². The number of nitrogens with two attached hydrogens (primary N) is 1. The van der Waals surface area contributed by atoms with Crippen LogP contribution in [0.15, 0.2) is 17.5 Å². The number of thiophene rings is 1. The standard InChI is InChI=1S/C5H6N2S.2C2HF3O2/c6-5(7)4-2-1-3-8-4;2*3-2(4,5)1(6)7/h1-3H,(H3,6,7);2*(H,6,7). The molecular weight excluding hydrogens is 346 g/mol. The molecule has 0 saturated carbocycles. The Morgan fingerprint density at radius 1 is 1.05 bits per heavy atom. The number of carbonyl (C=O) groups is 2. The highest BCUT2D eigenvalue weighted by Gasteiger charge is 2.38. The van der Waals surface area contributed by atoms with Crippen molar-refractivity contribution in [3.05, 3.63) is 22.4 Å². The summed E-state index contributed by atoms with van der Waals surface area (Å²) >= 11 is 1.48. The molecule has 0 aliphatic carbocycles. The highest BCUT2D eigenvalue weighted by Crippen LogP contribution is 2.13. The first-order valence-corrected chi connectivity index (χ1v) is 5.55. The molecular formula is C9H8F6N2O4S. The Morgan fingerprint density at radius 3 is 1.45 bits per heavy atom. The van der Waals surface area contributed by atoms with E-state index in [1.54, 1.807) is 0 Å². The van der Waals surface area contributed by atoms with Gasteiger partial charge in [0.1, 0.15) is 5.84 Å². The van der Waals surface area contributed by atoms with Crippen molar-refractivity contribution in [1.29, 1.82) is 5.41 Å². The van der Waals surface area contributed by atoms with E-state index in [4.69, 9.17) is 30.9 Å². The van der Waals surface area contributed by atoms with E-state index in [9.17, 15) is 26.3 Å². The molecule has 0 bridgehead atoms. The molecule has 0 spiro atoms. The maximum Gasteiger partial charge on any atom is 0.490 e. The van der Waals surface area contributed by atoms with Crippen LogP contribution in [0.4, 0.5) is 26.3 Å². The molecule has 0 fully saturated rings. The summed E-state index contributed by atoms with van der Waals surface area (Å²) in [5.41, 5.74) is 5.15. The summed E-state index contributed by atoms with van der Waals surface area (Å²) in [5.74, 6) is -5.36. The van der Waals surface area contributed by atoms with Gasteiger partial charge in [0, 0.05) is 0 Å². The Morgan fingerprint density at radius 2 is 1.36 bits per heavy atom. The summed E-state index contributed by atoms with van der Waals surface area (Å²) < 4.78 is 63.5. The minimum Gasteiger partial charge on any atom is -0.475 e. The van der Waals surface area contributed by atoms with Gasteiger partial charge in [-0.1, -0.05) is 6.07 Å². The van der Waals surface area contributed by atoms with Crippen molar-refractivity contribution in [3.63, 3.8) is 0 Å². The zero-order chi connectivity index (χ0) is 18.1. The van der Waals surface area contributed by atoms with Crippen LogP contribution in [0.2, 0.25) is 0 Å². The molecule has 0 amide bonds. The first-order chi connectivity index (χ1) is 9.69. The number of aliphatic carboxylic acids is 2. The van der Waals surface area contributed by atoms with Gasteiger partial charge < -0.3 is 15.9 Å². The normalized spacial score (nSPS) is 10.5. The molecule has 13 heteroatoms. The number of rotatable bonds is 1. The summed E-state index contributed by atoms with van der Waals surface area (Å²) in [6.07, 6.45) is -10.2. The van der Waals surface area contributed by atoms with Crippen LogP contribution in [0, 0.1) is 5.41 Å². The van der Waals surface area contributed by atoms with Gasteiger partial charge in [-0.2, -0.15) is 26.3 Å². The molecule has 0 radical (unpaired) electrons.